The van der Waals surface area contributed by atoms with Crippen molar-refractivity contribution < 1.29 is 99.6 Å². The standard InChI is InChI=1S/C16H11ClN2O16S4.Na/c17-13-7-1-3-18(36(21,22)23)9(7)6-12(35-39(30,31)32)16(13)33-15-8-2-4-19(37(24,25)26)10(8)5-11(14(15)20)34-38(27,28)29;/h1-6,20H,(H,21,22,23)(H,24,25,26)(H,27,28,29)(H,30,31,32);/q;+1. The third kappa shape index (κ3) is 6.42. The summed E-state index contributed by atoms with van der Waals surface area (Å²) in [5.41, 5.74) is -1.11. The number of hydrogen-bond acceptors (Lipinski definition) is 12. The molecule has 0 spiro atoms. The minimum absolute atomic E-state index is 0. The van der Waals surface area contributed by atoms with Crippen LogP contribution in [-0.4, -0.2) is 64.9 Å². The van der Waals surface area contributed by atoms with Crippen molar-refractivity contribution in [2.24, 2.45) is 0 Å². The van der Waals surface area contributed by atoms with Gasteiger partial charge in [-0.2, -0.15) is 33.7 Å². The predicted molar refractivity (Wildman–Crippen MR) is 129 cm³/mol. The molecule has 212 valence electrons. The van der Waals surface area contributed by atoms with Crippen molar-refractivity contribution in [2.45, 2.75) is 0 Å². The Bertz CT molecular complexity index is 2120. The Morgan fingerprint density at radius 3 is 1.57 bits per heavy atom. The molecule has 4 rings (SSSR count). The number of nitrogens with zero attached hydrogens (tertiary/aromatic N) is 2. The summed E-state index contributed by atoms with van der Waals surface area (Å²) in [6.07, 6.45) is 1.51. The predicted octanol–water partition coefficient (Wildman–Crippen LogP) is -1.58. The average Bonchev–Trinajstić information content (AvgIpc) is 3.35. The van der Waals surface area contributed by atoms with Gasteiger partial charge in [0.1, 0.15) is 0 Å². The normalized spacial score (nSPS) is 12.8. The van der Waals surface area contributed by atoms with Crippen LogP contribution < -0.4 is 42.7 Å². The molecule has 0 radical (unpaired) electrons. The summed E-state index contributed by atoms with van der Waals surface area (Å²) in [6.45, 7) is 0. The van der Waals surface area contributed by atoms with Gasteiger partial charge in [0.25, 0.3) is 0 Å². The summed E-state index contributed by atoms with van der Waals surface area (Å²) in [7, 11) is -20.8. The number of rotatable bonds is 8. The van der Waals surface area contributed by atoms with E-state index in [-0.39, 0.29) is 42.9 Å². The fourth-order valence-electron chi connectivity index (χ4n) is 3.42. The molecule has 0 aliphatic rings. The van der Waals surface area contributed by atoms with E-state index >= 15 is 0 Å². The fourth-order valence-corrected chi connectivity index (χ4v) is 5.65. The molecular weight excluding hydrogens is 663 g/mol. The van der Waals surface area contributed by atoms with Crippen LogP contribution >= 0.6 is 11.6 Å². The zero-order valence-corrected chi connectivity index (χ0v) is 25.1. The molecular formula is C16H11ClN2NaO16S4+. The van der Waals surface area contributed by atoms with E-state index in [0.717, 1.165) is 24.5 Å². The van der Waals surface area contributed by atoms with Gasteiger partial charge in [0.2, 0.25) is 5.75 Å². The first-order valence-electron chi connectivity index (χ1n) is 9.35. The SMILES string of the molecule is O=S(=O)(O)Oc1cc2c(ccn2S(=O)(=O)O)c(Oc2c(OS(=O)(=O)O)cc3c(ccn3S(=O)(=O)O)c2Cl)c1O.[Na+]. The van der Waals surface area contributed by atoms with Crippen molar-refractivity contribution >= 4 is 74.8 Å². The van der Waals surface area contributed by atoms with E-state index in [0.29, 0.717) is 12.1 Å². The molecule has 18 nitrogen and oxygen atoms in total. The maximum atomic E-state index is 11.8. The number of phenols is 1. The molecule has 0 aliphatic carbocycles. The number of hydrogen-bond donors (Lipinski definition) is 5. The van der Waals surface area contributed by atoms with Crippen LogP contribution in [0.2, 0.25) is 5.02 Å². The van der Waals surface area contributed by atoms with E-state index in [2.05, 4.69) is 8.37 Å². The number of fused-ring (bicyclic) bond motifs is 2. The Balaban J connectivity index is 0.00000441. The van der Waals surface area contributed by atoms with Gasteiger partial charge in [-0.05, 0) is 12.1 Å². The molecule has 0 saturated heterocycles. The van der Waals surface area contributed by atoms with Crippen LogP contribution in [0.3, 0.4) is 0 Å². The fraction of sp³-hybridized carbons (Fsp3) is 0. The zero-order chi connectivity index (χ0) is 29.3. The van der Waals surface area contributed by atoms with Gasteiger partial charge in [-0.15, -0.1) is 0 Å². The molecule has 2 aromatic heterocycles. The molecule has 0 saturated carbocycles. The molecule has 5 N–H and O–H groups in total. The first-order valence-corrected chi connectivity index (χ1v) is 15.3. The first-order chi connectivity index (χ1) is 17.7. The first kappa shape index (κ1) is 32.2. The summed E-state index contributed by atoms with van der Waals surface area (Å²) in [5.74, 6) is -5.28. The van der Waals surface area contributed by atoms with Gasteiger partial charge in [-0.3, -0.25) is 18.2 Å². The Morgan fingerprint density at radius 1 is 0.675 bits per heavy atom. The van der Waals surface area contributed by atoms with Crippen molar-refractivity contribution in [1.29, 1.82) is 0 Å². The van der Waals surface area contributed by atoms with Crippen molar-refractivity contribution in [2.75, 3.05) is 0 Å². The second-order valence-corrected chi connectivity index (χ2v) is 12.2. The van der Waals surface area contributed by atoms with Gasteiger partial charge in [-0.25, -0.2) is 7.94 Å². The monoisotopic (exact) mass is 673 g/mol. The van der Waals surface area contributed by atoms with Gasteiger partial charge in [-0.1, -0.05) is 11.6 Å². The maximum Gasteiger partial charge on any atom is 1.00 e. The topological polar surface area (TPSA) is 275 Å². The van der Waals surface area contributed by atoms with E-state index in [4.69, 9.17) is 20.9 Å². The third-order valence-corrected chi connectivity index (χ3v) is 7.55. The number of benzene rings is 2. The van der Waals surface area contributed by atoms with Crippen molar-refractivity contribution in [3.8, 4) is 28.7 Å². The van der Waals surface area contributed by atoms with Crippen LogP contribution in [0.5, 0.6) is 28.7 Å². The van der Waals surface area contributed by atoms with Gasteiger partial charge in [0.15, 0.2) is 23.0 Å². The van der Waals surface area contributed by atoms with Gasteiger partial charge < -0.3 is 18.2 Å². The second-order valence-electron chi connectivity index (χ2n) is 7.24. The molecule has 0 atom stereocenters. The molecule has 0 amide bonds. The van der Waals surface area contributed by atoms with Gasteiger partial charge in [0, 0.05) is 35.3 Å². The van der Waals surface area contributed by atoms with Gasteiger partial charge >= 0.3 is 71.0 Å². The molecule has 0 fully saturated rings. The zero-order valence-electron chi connectivity index (χ0n) is 19.1. The van der Waals surface area contributed by atoms with E-state index in [1.54, 1.807) is 0 Å². The van der Waals surface area contributed by atoms with Gasteiger partial charge in [0.05, 0.1) is 16.1 Å². The number of aromatic nitrogens is 2. The molecule has 0 aliphatic heterocycles. The van der Waals surface area contributed by atoms with Crippen molar-refractivity contribution in [1.82, 2.24) is 7.94 Å². The minimum Gasteiger partial charge on any atom is -0.502 e. The maximum absolute atomic E-state index is 11.8. The Morgan fingerprint density at radius 2 is 1.10 bits per heavy atom. The van der Waals surface area contributed by atoms with Crippen LogP contribution in [0.25, 0.3) is 21.8 Å². The van der Waals surface area contributed by atoms with Crippen molar-refractivity contribution in [3.05, 3.63) is 41.7 Å². The van der Waals surface area contributed by atoms with E-state index in [9.17, 15) is 52.4 Å². The Kier molecular flexibility index (Phi) is 8.43. The molecule has 2 heterocycles. The molecule has 2 aromatic carbocycles. The molecule has 24 heteroatoms. The molecule has 0 bridgehead atoms. The average molecular weight is 674 g/mol. The number of halogens is 1. The van der Waals surface area contributed by atoms with Crippen LogP contribution in [0.1, 0.15) is 0 Å². The summed E-state index contributed by atoms with van der Waals surface area (Å²) in [6, 6.07) is 3.11. The third-order valence-electron chi connectivity index (χ3n) is 4.76. The van der Waals surface area contributed by atoms with Crippen LogP contribution in [0, 0.1) is 0 Å². The molecule has 40 heavy (non-hydrogen) atoms. The Hall–Kier alpha value is -2.35. The van der Waals surface area contributed by atoms with E-state index < -0.39 is 91.6 Å². The minimum atomic E-state index is -5.38. The summed E-state index contributed by atoms with van der Waals surface area (Å²) in [5, 5.41) is 9.31. The molecule has 0 unspecified atom stereocenters. The largest absolute Gasteiger partial charge is 1.00 e. The summed E-state index contributed by atoms with van der Waals surface area (Å²) >= 11 is 6.26. The smallest absolute Gasteiger partial charge is 0.502 e. The molecule has 4 aromatic rings. The van der Waals surface area contributed by atoms with E-state index in [1.807, 2.05) is 0 Å². The van der Waals surface area contributed by atoms with E-state index in [1.165, 1.54) is 0 Å². The Labute approximate surface area is 251 Å². The van der Waals surface area contributed by atoms with Crippen LogP contribution in [0.4, 0.5) is 0 Å². The number of ether oxygens (including phenoxy) is 1. The van der Waals surface area contributed by atoms with Crippen LogP contribution in [0.15, 0.2) is 36.7 Å². The number of phenolic OH excluding ortho intramolecular Hbond substituents is 1. The summed E-state index contributed by atoms with van der Waals surface area (Å²) in [4.78, 5) is 0. The summed E-state index contributed by atoms with van der Waals surface area (Å²) < 4.78 is 144. The van der Waals surface area contributed by atoms with Crippen molar-refractivity contribution in [3.63, 3.8) is 0 Å². The van der Waals surface area contributed by atoms with Crippen LogP contribution in [-0.2, 0) is 41.4 Å². The quantitative estimate of drug-likeness (QED) is 0.104. The second kappa shape index (κ2) is 10.5. The number of aromatic hydroxyl groups is 1.